The Balaban J connectivity index is 1.53. The van der Waals surface area contributed by atoms with Crippen LogP contribution in [0.4, 0.5) is 11.6 Å². The highest BCUT2D eigenvalue weighted by atomic mass is 32.1. The quantitative estimate of drug-likeness (QED) is 0.886. The van der Waals surface area contributed by atoms with Crippen LogP contribution in [0.2, 0.25) is 0 Å². The van der Waals surface area contributed by atoms with Gasteiger partial charge in [0.15, 0.2) is 0 Å². The summed E-state index contributed by atoms with van der Waals surface area (Å²) in [7, 11) is 0. The molecule has 0 unspecified atom stereocenters. The Morgan fingerprint density at radius 2 is 2.09 bits per heavy atom. The van der Waals surface area contributed by atoms with Crippen LogP contribution in [0.1, 0.15) is 43.3 Å². The molecule has 1 N–H and O–H groups in total. The van der Waals surface area contributed by atoms with Crippen molar-refractivity contribution in [1.29, 1.82) is 0 Å². The van der Waals surface area contributed by atoms with Crippen molar-refractivity contribution < 1.29 is 0 Å². The van der Waals surface area contributed by atoms with Crippen LogP contribution in [0, 0.1) is 0 Å². The van der Waals surface area contributed by atoms with Gasteiger partial charge in [0.1, 0.15) is 18.0 Å². The molecule has 0 atom stereocenters. The zero-order valence-electron chi connectivity index (χ0n) is 13.2. The smallest absolute Gasteiger partial charge is 0.134 e. The van der Waals surface area contributed by atoms with Crippen LogP contribution in [0.3, 0.4) is 0 Å². The van der Waals surface area contributed by atoms with Crippen molar-refractivity contribution in [1.82, 2.24) is 15.0 Å². The number of hydrogen-bond donors (Lipinski definition) is 1. The van der Waals surface area contributed by atoms with E-state index in [1.54, 1.807) is 17.7 Å². The third-order valence-corrected chi connectivity index (χ3v) is 5.03. The summed E-state index contributed by atoms with van der Waals surface area (Å²) in [5, 5.41) is 6.76. The predicted molar refractivity (Wildman–Crippen MR) is 91.9 cm³/mol. The van der Waals surface area contributed by atoms with Gasteiger partial charge in [-0.15, -0.1) is 11.3 Å². The Morgan fingerprint density at radius 3 is 2.82 bits per heavy atom. The fourth-order valence-corrected chi connectivity index (χ4v) is 3.45. The van der Waals surface area contributed by atoms with E-state index < -0.39 is 0 Å². The maximum absolute atomic E-state index is 4.66. The van der Waals surface area contributed by atoms with Gasteiger partial charge in [0, 0.05) is 43.4 Å². The molecule has 0 saturated carbocycles. The lowest BCUT2D eigenvalue weighted by atomic mass is 10.2. The molecule has 0 spiro atoms. The van der Waals surface area contributed by atoms with Crippen molar-refractivity contribution in [3.05, 3.63) is 28.5 Å². The third-order valence-electron chi connectivity index (χ3n) is 3.83. The van der Waals surface area contributed by atoms with Crippen molar-refractivity contribution in [3.63, 3.8) is 0 Å². The molecule has 1 aliphatic rings. The normalized spacial score (nSPS) is 14.8. The molecular formula is C16H23N5S. The highest BCUT2D eigenvalue weighted by Gasteiger charge is 2.14. The fourth-order valence-electron chi connectivity index (χ4n) is 2.58. The summed E-state index contributed by atoms with van der Waals surface area (Å²) in [6, 6.07) is 2.05. The molecule has 1 aliphatic heterocycles. The van der Waals surface area contributed by atoms with E-state index >= 15 is 0 Å². The van der Waals surface area contributed by atoms with Crippen molar-refractivity contribution in [2.45, 2.75) is 39.0 Å². The lowest BCUT2D eigenvalue weighted by Gasteiger charge is -2.16. The molecule has 22 heavy (non-hydrogen) atoms. The van der Waals surface area contributed by atoms with Crippen molar-refractivity contribution >= 4 is 23.0 Å². The topological polar surface area (TPSA) is 53.9 Å². The van der Waals surface area contributed by atoms with Crippen LogP contribution in [-0.4, -0.2) is 34.6 Å². The average Bonchev–Trinajstić information content (AvgIpc) is 3.19. The van der Waals surface area contributed by atoms with Gasteiger partial charge in [-0.1, -0.05) is 13.8 Å². The van der Waals surface area contributed by atoms with E-state index in [1.807, 2.05) is 6.07 Å². The van der Waals surface area contributed by atoms with Gasteiger partial charge < -0.3 is 10.2 Å². The first kappa shape index (κ1) is 15.2. The summed E-state index contributed by atoms with van der Waals surface area (Å²) in [5.41, 5.74) is 1.16. The molecule has 2 aromatic heterocycles. The molecule has 0 bridgehead atoms. The Bertz CT molecular complexity index is 604. The maximum Gasteiger partial charge on any atom is 0.134 e. The van der Waals surface area contributed by atoms with Gasteiger partial charge in [-0.2, -0.15) is 0 Å². The fraction of sp³-hybridized carbons (Fsp3) is 0.562. The summed E-state index contributed by atoms with van der Waals surface area (Å²) < 4.78 is 0. The van der Waals surface area contributed by atoms with Gasteiger partial charge in [0.05, 0.1) is 10.7 Å². The van der Waals surface area contributed by atoms with Crippen LogP contribution in [0.5, 0.6) is 0 Å². The molecule has 0 radical (unpaired) electrons. The van der Waals surface area contributed by atoms with Crippen LogP contribution < -0.4 is 10.2 Å². The number of nitrogens with one attached hydrogen (secondary N) is 1. The van der Waals surface area contributed by atoms with E-state index in [-0.39, 0.29) is 0 Å². The maximum atomic E-state index is 4.66. The molecule has 0 aliphatic carbocycles. The summed E-state index contributed by atoms with van der Waals surface area (Å²) in [6.07, 6.45) is 5.09. The molecule has 6 heteroatoms. The van der Waals surface area contributed by atoms with E-state index in [1.165, 1.54) is 17.8 Å². The zero-order chi connectivity index (χ0) is 15.4. The zero-order valence-corrected chi connectivity index (χ0v) is 14.1. The van der Waals surface area contributed by atoms with Gasteiger partial charge in [0.25, 0.3) is 0 Å². The van der Waals surface area contributed by atoms with E-state index in [0.717, 1.165) is 43.4 Å². The van der Waals surface area contributed by atoms with Gasteiger partial charge in [-0.3, -0.25) is 0 Å². The number of hydrogen-bond acceptors (Lipinski definition) is 6. The largest absolute Gasteiger partial charge is 0.370 e. The molecule has 1 saturated heterocycles. The van der Waals surface area contributed by atoms with Gasteiger partial charge in [-0.05, 0) is 12.8 Å². The lowest BCUT2D eigenvalue weighted by Crippen LogP contribution is -2.19. The number of rotatable bonds is 6. The van der Waals surface area contributed by atoms with Crippen LogP contribution in [0.15, 0.2) is 17.8 Å². The summed E-state index contributed by atoms with van der Waals surface area (Å²) in [4.78, 5) is 15.7. The first-order valence-corrected chi connectivity index (χ1v) is 8.85. The Kier molecular flexibility index (Phi) is 4.87. The first-order chi connectivity index (χ1) is 10.7. The van der Waals surface area contributed by atoms with E-state index in [2.05, 4.69) is 44.4 Å². The lowest BCUT2D eigenvalue weighted by molar-refractivity contribution is 0.835. The molecule has 5 nitrogen and oxygen atoms in total. The van der Waals surface area contributed by atoms with Crippen LogP contribution in [0.25, 0.3) is 0 Å². The molecule has 118 valence electrons. The minimum absolute atomic E-state index is 0.511. The molecule has 0 amide bonds. The summed E-state index contributed by atoms with van der Waals surface area (Å²) in [5.74, 6) is 2.44. The number of nitrogens with zero attached hydrogens (tertiary/aromatic N) is 4. The minimum atomic E-state index is 0.511. The Labute approximate surface area is 135 Å². The van der Waals surface area contributed by atoms with Crippen LogP contribution >= 0.6 is 11.3 Å². The standard InChI is InChI=1S/C16H23N5S/c1-12(2)16-20-13(10-22-16)5-6-17-14-9-15(19-11-18-14)21-7-3-4-8-21/h9-12H,3-8H2,1-2H3,(H,17,18,19). The second kappa shape index (κ2) is 7.05. The Morgan fingerprint density at radius 1 is 1.27 bits per heavy atom. The molecule has 2 aromatic rings. The van der Waals surface area contributed by atoms with Gasteiger partial charge >= 0.3 is 0 Å². The molecule has 3 rings (SSSR count). The number of thiazole rings is 1. The average molecular weight is 317 g/mol. The number of aromatic nitrogens is 3. The predicted octanol–water partition coefficient (Wildman–Crippen LogP) is 3.31. The molecule has 1 fully saturated rings. The second-order valence-corrected chi connectivity index (χ2v) is 6.85. The first-order valence-electron chi connectivity index (χ1n) is 7.97. The third kappa shape index (κ3) is 3.74. The summed E-state index contributed by atoms with van der Waals surface area (Å²) >= 11 is 1.75. The second-order valence-electron chi connectivity index (χ2n) is 5.96. The van der Waals surface area contributed by atoms with E-state index in [4.69, 9.17) is 0 Å². The minimum Gasteiger partial charge on any atom is -0.370 e. The van der Waals surface area contributed by atoms with Crippen molar-refractivity contribution in [2.24, 2.45) is 0 Å². The van der Waals surface area contributed by atoms with Crippen molar-refractivity contribution in [2.75, 3.05) is 29.9 Å². The molecule has 0 aromatic carbocycles. The SMILES string of the molecule is CC(C)c1nc(CCNc2cc(N3CCCC3)ncn2)cs1. The highest BCUT2D eigenvalue weighted by Crippen LogP contribution is 2.20. The van der Waals surface area contributed by atoms with Gasteiger partial charge in [0.2, 0.25) is 0 Å². The molecule has 3 heterocycles. The summed E-state index contributed by atoms with van der Waals surface area (Å²) in [6.45, 7) is 7.42. The van der Waals surface area contributed by atoms with Crippen molar-refractivity contribution in [3.8, 4) is 0 Å². The monoisotopic (exact) mass is 317 g/mol. The number of anilines is 2. The molecular weight excluding hydrogens is 294 g/mol. The van der Waals surface area contributed by atoms with E-state index in [0.29, 0.717) is 5.92 Å². The van der Waals surface area contributed by atoms with E-state index in [9.17, 15) is 0 Å². The van der Waals surface area contributed by atoms with Crippen LogP contribution in [-0.2, 0) is 6.42 Å². The Hall–Kier alpha value is -1.69. The highest BCUT2D eigenvalue weighted by molar-refractivity contribution is 7.09. The van der Waals surface area contributed by atoms with Gasteiger partial charge in [-0.25, -0.2) is 15.0 Å².